The number of esters is 1. The van der Waals surface area contributed by atoms with Crippen LogP contribution in [0, 0.1) is 42.2 Å². The van der Waals surface area contributed by atoms with Gasteiger partial charge in [-0.15, -0.1) is 0 Å². The fraction of sp³-hybridized carbons (Fsp3) is 0.278. The Morgan fingerprint density at radius 2 is 0.775 bits per heavy atom. The molecular formula is C54H53N3O14. The molecule has 17 heteroatoms. The molecule has 0 aromatic heterocycles. The van der Waals surface area contributed by atoms with Crippen LogP contribution in [0.25, 0.3) is 0 Å². The van der Waals surface area contributed by atoms with Crippen LogP contribution in [0.5, 0.6) is 17.2 Å². The van der Waals surface area contributed by atoms with Gasteiger partial charge in [-0.3, -0.25) is 39.9 Å². The van der Waals surface area contributed by atoms with Crippen molar-refractivity contribution in [3.05, 3.63) is 208 Å². The van der Waals surface area contributed by atoms with E-state index in [2.05, 4.69) is 0 Å². The highest BCUT2D eigenvalue weighted by atomic mass is 16.6. The fourth-order valence-corrected chi connectivity index (χ4v) is 9.26. The number of hydrogen-bond donors (Lipinski definition) is 1. The molecule has 0 spiro atoms. The number of rotatable bonds is 20. The Hall–Kier alpha value is -8.31. The van der Waals surface area contributed by atoms with Crippen LogP contribution in [-0.2, 0) is 35.6 Å². The number of nitro groups is 3. The minimum absolute atomic E-state index is 0.0294. The highest BCUT2D eigenvalue weighted by molar-refractivity contribution is 6.01. The van der Waals surface area contributed by atoms with Crippen LogP contribution in [0.3, 0.4) is 0 Å². The molecule has 0 radical (unpaired) electrons. The topological polar surface area (TPSA) is 238 Å². The lowest BCUT2D eigenvalue weighted by molar-refractivity contribution is -0.385. The average molecular weight is 968 g/mol. The first-order valence-electron chi connectivity index (χ1n) is 22.4. The maximum atomic E-state index is 15.5. The molecule has 6 rings (SSSR count). The third-order valence-electron chi connectivity index (χ3n) is 12.5. The molecule has 6 aromatic rings. The van der Waals surface area contributed by atoms with Crippen molar-refractivity contribution in [1.82, 2.24) is 0 Å². The normalized spacial score (nSPS) is 13.9. The van der Waals surface area contributed by atoms with E-state index >= 15 is 9.59 Å². The van der Waals surface area contributed by atoms with Crippen molar-refractivity contribution in [2.45, 2.75) is 64.1 Å². The number of carbonyl (C=O) groups is 3. The highest BCUT2D eigenvalue weighted by Crippen LogP contribution is 2.51. The fourth-order valence-electron chi connectivity index (χ4n) is 9.26. The SMILES string of the molecule is COc1cc([N+](=O)[O-])ccc1C(O)(C(=O)OC(C)C)c1ccc(C(C(=O)C(C)C)(c2ccc(C(C(=O)C(C)C)(c3ccccc3)c3ccc([N+](=O)[O-])cc3OC)cc2)c2ccc([N+](=O)[O-])cc2OC)cc1. The third kappa shape index (κ3) is 9.19. The van der Waals surface area contributed by atoms with Gasteiger partial charge in [0.05, 0.1) is 60.4 Å². The zero-order valence-electron chi connectivity index (χ0n) is 40.5. The van der Waals surface area contributed by atoms with Crippen molar-refractivity contribution in [2.24, 2.45) is 11.8 Å². The quantitative estimate of drug-likeness (QED) is 0.0324. The van der Waals surface area contributed by atoms with Crippen molar-refractivity contribution in [2.75, 3.05) is 21.3 Å². The van der Waals surface area contributed by atoms with Crippen molar-refractivity contribution >= 4 is 34.6 Å². The van der Waals surface area contributed by atoms with Gasteiger partial charge in [0.25, 0.3) is 17.1 Å². The van der Waals surface area contributed by atoms with Crippen LogP contribution in [-0.4, -0.2) is 64.8 Å². The summed E-state index contributed by atoms with van der Waals surface area (Å²) in [6.45, 7) is 10.0. The molecule has 0 aliphatic carbocycles. The molecule has 0 saturated carbocycles. The van der Waals surface area contributed by atoms with E-state index in [1.54, 1.807) is 96.1 Å². The van der Waals surface area contributed by atoms with E-state index in [4.69, 9.17) is 18.9 Å². The second kappa shape index (κ2) is 20.7. The number of ether oxygens (including phenoxy) is 4. The molecule has 0 amide bonds. The lowest BCUT2D eigenvalue weighted by Crippen LogP contribution is -2.43. The maximum absolute atomic E-state index is 15.5. The van der Waals surface area contributed by atoms with Crippen LogP contribution in [0.15, 0.2) is 133 Å². The first kappa shape index (κ1) is 52.1. The van der Waals surface area contributed by atoms with Gasteiger partial charge < -0.3 is 24.1 Å². The average Bonchev–Trinajstić information content (AvgIpc) is 3.36. The molecule has 3 atom stereocenters. The number of aliphatic hydroxyl groups is 1. The number of non-ortho nitro benzene ring substituents is 3. The van der Waals surface area contributed by atoms with Crippen molar-refractivity contribution in [3.8, 4) is 17.2 Å². The Kier molecular flexibility index (Phi) is 15.2. The number of ketones is 2. The van der Waals surface area contributed by atoms with Gasteiger partial charge >= 0.3 is 5.97 Å². The van der Waals surface area contributed by atoms with Gasteiger partial charge in [0, 0.05) is 46.7 Å². The number of nitrogens with zero attached hydrogens (tertiary/aromatic N) is 3. The lowest BCUT2D eigenvalue weighted by Gasteiger charge is -2.39. The molecule has 0 aliphatic rings. The summed E-state index contributed by atoms with van der Waals surface area (Å²) in [5.41, 5.74) is -5.43. The maximum Gasteiger partial charge on any atom is 0.348 e. The number of hydrogen-bond acceptors (Lipinski definition) is 14. The largest absolute Gasteiger partial charge is 0.496 e. The predicted molar refractivity (Wildman–Crippen MR) is 262 cm³/mol. The minimum atomic E-state index is -2.64. The molecule has 71 heavy (non-hydrogen) atoms. The Morgan fingerprint density at radius 3 is 1.08 bits per heavy atom. The van der Waals surface area contributed by atoms with Gasteiger partial charge in [0.2, 0.25) is 5.60 Å². The third-order valence-corrected chi connectivity index (χ3v) is 12.5. The van der Waals surface area contributed by atoms with E-state index in [9.17, 15) is 40.2 Å². The lowest BCUT2D eigenvalue weighted by atomic mass is 9.61. The van der Waals surface area contributed by atoms with E-state index in [1.807, 2.05) is 0 Å². The van der Waals surface area contributed by atoms with Gasteiger partial charge in [0.1, 0.15) is 28.1 Å². The second-order valence-electron chi connectivity index (χ2n) is 17.6. The number of benzene rings is 6. The van der Waals surface area contributed by atoms with Crippen LogP contribution in [0.1, 0.15) is 86.1 Å². The van der Waals surface area contributed by atoms with Crippen LogP contribution in [0.4, 0.5) is 17.1 Å². The van der Waals surface area contributed by atoms with Crippen molar-refractivity contribution < 1.29 is 53.2 Å². The number of Topliss-reactive ketones (excluding diaryl/α,β-unsaturated/α-hetero) is 2. The van der Waals surface area contributed by atoms with Crippen LogP contribution in [0.2, 0.25) is 0 Å². The molecule has 1 N–H and O–H groups in total. The summed E-state index contributed by atoms with van der Waals surface area (Å²) in [5.74, 6) is -3.33. The van der Waals surface area contributed by atoms with Gasteiger partial charge in [0.15, 0.2) is 11.6 Å². The van der Waals surface area contributed by atoms with E-state index in [0.29, 0.717) is 22.3 Å². The minimum Gasteiger partial charge on any atom is -0.496 e. The number of nitro benzene ring substituents is 3. The summed E-state index contributed by atoms with van der Waals surface area (Å²) in [6, 6.07) is 32.6. The van der Waals surface area contributed by atoms with Crippen LogP contribution < -0.4 is 14.2 Å². The number of methoxy groups -OCH3 is 3. The number of carbonyl (C=O) groups excluding carboxylic acids is 3. The van der Waals surface area contributed by atoms with E-state index in [-0.39, 0.29) is 62.3 Å². The van der Waals surface area contributed by atoms with Gasteiger partial charge in [-0.1, -0.05) is 107 Å². The Bertz CT molecular complexity index is 3010. The predicted octanol–water partition coefficient (Wildman–Crippen LogP) is 9.74. The summed E-state index contributed by atoms with van der Waals surface area (Å²) in [7, 11) is 3.88. The first-order valence-corrected chi connectivity index (χ1v) is 22.4. The Labute approximate surface area is 409 Å². The zero-order chi connectivity index (χ0) is 52.2. The summed E-state index contributed by atoms with van der Waals surface area (Å²) >= 11 is 0. The van der Waals surface area contributed by atoms with E-state index in [1.165, 1.54) is 88.1 Å². The molecule has 17 nitrogen and oxygen atoms in total. The molecule has 368 valence electrons. The molecule has 0 heterocycles. The molecule has 3 unspecified atom stereocenters. The smallest absolute Gasteiger partial charge is 0.348 e. The molecule has 0 bridgehead atoms. The summed E-state index contributed by atoms with van der Waals surface area (Å²) < 4.78 is 22.7. The van der Waals surface area contributed by atoms with Gasteiger partial charge in [-0.2, -0.15) is 0 Å². The molecule has 0 saturated heterocycles. The Balaban J connectivity index is 1.72. The van der Waals surface area contributed by atoms with Crippen molar-refractivity contribution in [1.29, 1.82) is 0 Å². The van der Waals surface area contributed by atoms with E-state index < -0.39 is 60.9 Å². The van der Waals surface area contributed by atoms with Gasteiger partial charge in [-0.25, -0.2) is 4.79 Å². The molecule has 6 aromatic carbocycles. The summed E-state index contributed by atoms with van der Waals surface area (Å²) in [4.78, 5) is 78.9. The first-order chi connectivity index (χ1) is 33.6. The zero-order valence-corrected chi connectivity index (χ0v) is 40.5. The highest BCUT2D eigenvalue weighted by Gasteiger charge is 2.51. The summed E-state index contributed by atoms with van der Waals surface area (Å²) in [6.07, 6.45) is -0.718. The van der Waals surface area contributed by atoms with Crippen LogP contribution >= 0.6 is 0 Å². The van der Waals surface area contributed by atoms with Gasteiger partial charge in [-0.05, 0) is 59.9 Å². The molecular weight excluding hydrogens is 915 g/mol. The second-order valence-corrected chi connectivity index (χ2v) is 17.6. The Morgan fingerprint density at radius 1 is 0.465 bits per heavy atom. The standard InChI is InChI=1S/C54H53N3O14/c1-32(2)49(58)52(35-13-11-10-12-14-35,43-26-23-40(55(62)63)29-46(43)68-7)36-15-17-37(18-16-36)53(50(59)33(3)4,44-27-24-41(56(64)65)30-47(44)69-8)38-19-21-39(22-20-38)54(61,51(60)71-34(5)6)45-28-25-42(57(66)67)31-48(45)70-9/h10-34,61H,1-9H3. The monoisotopic (exact) mass is 967 g/mol. The molecule has 0 fully saturated rings. The van der Waals surface area contributed by atoms with E-state index in [0.717, 1.165) is 12.1 Å². The summed E-state index contributed by atoms with van der Waals surface area (Å²) in [5, 5.41) is 48.5. The van der Waals surface area contributed by atoms with Crippen molar-refractivity contribution in [3.63, 3.8) is 0 Å². The molecule has 0 aliphatic heterocycles.